The van der Waals surface area contributed by atoms with Gasteiger partial charge in [-0.25, -0.2) is 0 Å². The molecule has 3 unspecified atom stereocenters. The van der Waals surface area contributed by atoms with Crippen molar-refractivity contribution in [3.63, 3.8) is 0 Å². The van der Waals surface area contributed by atoms with E-state index >= 15 is 0 Å². The van der Waals surface area contributed by atoms with E-state index < -0.39 is 0 Å². The van der Waals surface area contributed by atoms with Crippen molar-refractivity contribution >= 4 is 0 Å². The molecular formula is C14H30N2O. The Bertz CT molecular complexity index is 213. The van der Waals surface area contributed by atoms with Crippen LogP contribution in [0.1, 0.15) is 52.9 Å². The fourth-order valence-electron chi connectivity index (χ4n) is 2.86. The summed E-state index contributed by atoms with van der Waals surface area (Å²) >= 11 is 0. The van der Waals surface area contributed by atoms with E-state index in [1.165, 1.54) is 25.7 Å². The molecule has 102 valence electrons. The normalized spacial score (nSPS) is 28.1. The van der Waals surface area contributed by atoms with Gasteiger partial charge in [-0.2, -0.15) is 0 Å². The summed E-state index contributed by atoms with van der Waals surface area (Å²) < 4.78 is 0. The fraction of sp³-hybridized carbons (Fsp3) is 1.00. The number of aliphatic hydroxyl groups is 1. The Labute approximate surface area is 106 Å². The highest BCUT2D eigenvalue weighted by Gasteiger charge is 2.30. The van der Waals surface area contributed by atoms with Crippen molar-refractivity contribution in [2.45, 2.75) is 65.0 Å². The minimum atomic E-state index is 0.194. The Morgan fingerprint density at radius 2 is 1.94 bits per heavy atom. The summed E-state index contributed by atoms with van der Waals surface area (Å²) in [6.45, 7) is 7.75. The van der Waals surface area contributed by atoms with E-state index in [0.29, 0.717) is 18.0 Å². The molecule has 0 amide bonds. The molecule has 0 heterocycles. The standard InChI is InChI=1S/C14H30N2O/c1-14(2,3)13(8-9-17)16-12-7-5-4-6-11(12)10-15/h11-13,16-17H,4-10,15H2,1-3H3. The van der Waals surface area contributed by atoms with E-state index in [4.69, 9.17) is 5.73 Å². The van der Waals surface area contributed by atoms with Crippen LogP contribution in [0, 0.1) is 11.3 Å². The van der Waals surface area contributed by atoms with Crippen molar-refractivity contribution in [1.29, 1.82) is 0 Å². The van der Waals surface area contributed by atoms with Gasteiger partial charge in [0.1, 0.15) is 0 Å². The quantitative estimate of drug-likeness (QED) is 0.690. The van der Waals surface area contributed by atoms with Crippen LogP contribution in [0.15, 0.2) is 0 Å². The molecule has 1 fully saturated rings. The van der Waals surface area contributed by atoms with E-state index in [1.54, 1.807) is 0 Å². The van der Waals surface area contributed by atoms with Crippen LogP contribution in [0.25, 0.3) is 0 Å². The van der Waals surface area contributed by atoms with Crippen LogP contribution in [0.5, 0.6) is 0 Å². The second-order valence-corrected chi connectivity index (χ2v) is 6.48. The molecule has 3 nitrogen and oxygen atoms in total. The number of rotatable bonds is 5. The minimum absolute atomic E-state index is 0.194. The van der Waals surface area contributed by atoms with Crippen molar-refractivity contribution in [3.05, 3.63) is 0 Å². The van der Waals surface area contributed by atoms with Crippen LogP contribution >= 0.6 is 0 Å². The maximum atomic E-state index is 9.19. The number of aliphatic hydroxyl groups excluding tert-OH is 1. The average molecular weight is 242 g/mol. The van der Waals surface area contributed by atoms with Crippen LogP contribution in [-0.4, -0.2) is 30.3 Å². The fourth-order valence-corrected chi connectivity index (χ4v) is 2.86. The second-order valence-electron chi connectivity index (χ2n) is 6.48. The SMILES string of the molecule is CC(C)(C)C(CCO)NC1CCCCC1CN. The number of hydrogen-bond acceptors (Lipinski definition) is 3. The lowest BCUT2D eigenvalue weighted by atomic mass is 9.80. The van der Waals surface area contributed by atoms with Crippen LogP contribution in [0.2, 0.25) is 0 Å². The summed E-state index contributed by atoms with van der Waals surface area (Å²) in [6, 6.07) is 0.925. The van der Waals surface area contributed by atoms with Crippen molar-refractivity contribution in [1.82, 2.24) is 5.32 Å². The van der Waals surface area contributed by atoms with Gasteiger partial charge in [0.05, 0.1) is 0 Å². The molecule has 0 spiro atoms. The smallest absolute Gasteiger partial charge is 0.0446 e. The first kappa shape index (κ1) is 14.9. The molecular weight excluding hydrogens is 212 g/mol. The van der Waals surface area contributed by atoms with Crippen LogP contribution in [0.3, 0.4) is 0 Å². The van der Waals surface area contributed by atoms with E-state index in [1.807, 2.05) is 0 Å². The predicted molar refractivity (Wildman–Crippen MR) is 72.9 cm³/mol. The lowest BCUT2D eigenvalue weighted by molar-refractivity contribution is 0.154. The van der Waals surface area contributed by atoms with E-state index in [2.05, 4.69) is 26.1 Å². The molecule has 0 aromatic rings. The molecule has 1 rings (SSSR count). The molecule has 1 saturated carbocycles. The van der Waals surface area contributed by atoms with E-state index in [-0.39, 0.29) is 12.0 Å². The van der Waals surface area contributed by atoms with E-state index in [9.17, 15) is 5.11 Å². The first-order chi connectivity index (χ1) is 7.99. The average Bonchev–Trinajstić information content (AvgIpc) is 2.28. The zero-order valence-corrected chi connectivity index (χ0v) is 11.7. The lowest BCUT2D eigenvalue weighted by Gasteiger charge is -2.39. The summed E-state index contributed by atoms with van der Waals surface area (Å²) in [7, 11) is 0. The zero-order valence-electron chi connectivity index (χ0n) is 11.7. The third-order valence-corrected chi connectivity index (χ3v) is 4.09. The summed E-state index contributed by atoms with van der Waals surface area (Å²) in [4.78, 5) is 0. The third-order valence-electron chi connectivity index (χ3n) is 4.09. The molecule has 0 aromatic heterocycles. The molecule has 0 radical (unpaired) electrons. The first-order valence-electron chi connectivity index (χ1n) is 7.06. The van der Waals surface area contributed by atoms with Crippen LogP contribution in [0.4, 0.5) is 0 Å². The largest absolute Gasteiger partial charge is 0.396 e. The molecule has 3 heteroatoms. The van der Waals surface area contributed by atoms with Gasteiger partial charge in [-0.1, -0.05) is 33.6 Å². The summed E-state index contributed by atoms with van der Waals surface area (Å²) in [6.07, 6.45) is 5.95. The van der Waals surface area contributed by atoms with Gasteiger partial charge in [0, 0.05) is 18.7 Å². The Kier molecular flexibility index (Phi) is 5.90. The van der Waals surface area contributed by atoms with Gasteiger partial charge in [-0.15, -0.1) is 0 Å². The predicted octanol–water partition coefficient (Wildman–Crippen LogP) is 1.89. The molecule has 1 aliphatic carbocycles. The van der Waals surface area contributed by atoms with Gasteiger partial charge in [0.15, 0.2) is 0 Å². The van der Waals surface area contributed by atoms with Crippen molar-refractivity contribution in [2.75, 3.05) is 13.2 Å². The van der Waals surface area contributed by atoms with Gasteiger partial charge in [-0.05, 0) is 37.1 Å². The van der Waals surface area contributed by atoms with Crippen molar-refractivity contribution < 1.29 is 5.11 Å². The summed E-state index contributed by atoms with van der Waals surface area (Å²) in [5.41, 5.74) is 6.06. The van der Waals surface area contributed by atoms with Gasteiger partial charge < -0.3 is 16.2 Å². The summed E-state index contributed by atoms with van der Waals surface area (Å²) in [5.74, 6) is 0.618. The highest BCUT2D eigenvalue weighted by Crippen LogP contribution is 2.28. The molecule has 1 aliphatic rings. The van der Waals surface area contributed by atoms with Gasteiger partial charge >= 0.3 is 0 Å². The van der Waals surface area contributed by atoms with Crippen molar-refractivity contribution in [3.8, 4) is 0 Å². The van der Waals surface area contributed by atoms with E-state index in [0.717, 1.165) is 13.0 Å². The van der Waals surface area contributed by atoms with Gasteiger partial charge in [-0.3, -0.25) is 0 Å². The molecule has 0 aromatic carbocycles. The maximum Gasteiger partial charge on any atom is 0.0446 e. The number of nitrogens with two attached hydrogens (primary N) is 1. The number of nitrogens with one attached hydrogen (secondary N) is 1. The van der Waals surface area contributed by atoms with Crippen molar-refractivity contribution in [2.24, 2.45) is 17.1 Å². The molecule has 3 atom stereocenters. The Hall–Kier alpha value is -0.120. The van der Waals surface area contributed by atoms with Crippen LogP contribution < -0.4 is 11.1 Å². The molecule has 4 N–H and O–H groups in total. The topological polar surface area (TPSA) is 58.3 Å². The van der Waals surface area contributed by atoms with Gasteiger partial charge in [0.2, 0.25) is 0 Å². The molecule has 0 saturated heterocycles. The first-order valence-corrected chi connectivity index (χ1v) is 7.06. The Morgan fingerprint density at radius 1 is 1.29 bits per heavy atom. The Morgan fingerprint density at radius 3 is 2.47 bits per heavy atom. The monoisotopic (exact) mass is 242 g/mol. The Balaban J connectivity index is 2.58. The second kappa shape index (κ2) is 6.72. The molecule has 0 aliphatic heterocycles. The molecule has 0 bridgehead atoms. The lowest BCUT2D eigenvalue weighted by Crippen LogP contribution is -2.51. The highest BCUT2D eigenvalue weighted by molar-refractivity contribution is 4.88. The maximum absolute atomic E-state index is 9.19. The van der Waals surface area contributed by atoms with Gasteiger partial charge in [0.25, 0.3) is 0 Å². The third kappa shape index (κ3) is 4.57. The van der Waals surface area contributed by atoms with Crippen LogP contribution in [-0.2, 0) is 0 Å². The molecule has 17 heavy (non-hydrogen) atoms. The zero-order chi connectivity index (χ0) is 12.9. The highest BCUT2D eigenvalue weighted by atomic mass is 16.3. The summed E-state index contributed by atoms with van der Waals surface area (Å²) in [5, 5.41) is 12.9. The number of hydrogen-bond donors (Lipinski definition) is 3. The minimum Gasteiger partial charge on any atom is -0.396 e.